The Bertz CT molecular complexity index is 653. The van der Waals surface area contributed by atoms with Gasteiger partial charge in [-0.1, -0.05) is 48.5 Å². The summed E-state index contributed by atoms with van der Waals surface area (Å²) in [4.78, 5) is 4.29. The molecule has 0 saturated carbocycles. The predicted molar refractivity (Wildman–Crippen MR) is 95.4 cm³/mol. The molecule has 2 N–H and O–H groups in total. The van der Waals surface area contributed by atoms with Crippen LogP contribution < -0.4 is 10.6 Å². The van der Waals surface area contributed by atoms with Gasteiger partial charge in [-0.2, -0.15) is 0 Å². The zero-order chi connectivity index (χ0) is 16.5. The third-order valence-electron chi connectivity index (χ3n) is 3.80. The van der Waals surface area contributed by atoms with E-state index < -0.39 is 0 Å². The molecule has 0 heterocycles. The molecule has 0 radical (unpaired) electrons. The fourth-order valence-corrected chi connectivity index (χ4v) is 2.41. The molecule has 2 aromatic carbocycles. The van der Waals surface area contributed by atoms with Crippen LogP contribution in [-0.4, -0.2) is 20.1 Å². The highest BCUT2D eigenvalue weighted by Gasteiger charge is 2.04. The zero-order valence-corrected chi connectivity index (χ0v) is 14.1. The zero-order valence-electron chi connectivity index (χ0n) is 14.1. The van der Waals surface area contributed by atoms with E-state index in [1.54, 1.807) is 14.2 Å². The fourth-order valence-electron chi connectivity index (χ4n) is 2.41. The number of ether oxygens (including phenoxy) is 1. The van der Waals surface area contributed by atoms with E-state index in [0.29, 0.717) is 13.2 Å². The number of hydrogen-bond donors (Lipinski definition) is 2. The van der Waals surface area contributed by atoms with Gasteiger partial charge >= 0.3 is 0 Å². The molecule has 0 spiro atoms. The van der Waals surface area contributed by atoms with Crippen LogP contribution in [0, 0.1) is 6.92 Å². The van der Waals surface area contributed by atoms with Gasteiger partial charge in [-0.15, -0.1) is 0 Å². The Hall–Kier alpha value is -2.33. The van der Waals surface area contributed by atoms with Crippen molar-refractivity contribution in [2.24, 2.45) is 4.99 Å². The van der Waals surface area contributed by atoms with Gasteiger partial charge in [0.05, 0.1) is 6.61 Å². The second-order valence-corrected chi connectivity index (χ2v) is 5.41. The van der Waals surface area contributed by atoms with Crippen LogP contribution in [0.25, 0.3) is 0 Å². The van der Waals surface area contributed by atoms with Crippen molar-refractivity contribution in [3.05, 3.63) is 70.8 Å². The first-order valence-corrected chi connectivity index (χ1v) is 7.79. The molecule has 4 nitrogen and oxygen atoms in total. The number of nitrogens with one attached hydrogen (secondary N) is 2. The first-order chi connectivity index (χ1) is 11.2. The van der Waals surface area contributed by atoms with Crippen LogP contribution in [0.3, 0.4) is 0 Å². The quantitative estimate of drug-likeness (QED) is 0.637. The summed E-state index contributed by atoms with van der Waals surface area (Å²) < 4.78 is 5.25. The van der Waals surface area contributed by atoms with Crippen molar-refractivity contribution in [2.75, 3.05) is 14.2 Å². The number of nitrogens with zero attached hydrogens (tertiary/aromatic N) is 1. The van der Waals surface area contributed by atoms with Crippen LogP contribution in [0.1, 0.15) is 22.3 Å². The topological polar surface area (TPSA) is 45.7 Å². The smallest absolute Gasteiger partial charge is 0.191 e. The van der Waals surface area contributed by atoms with Crippen molar-refractivity contribution in [1.82, 2.24) is 10.6 Å². The number of hydrogen-bond acceptors (Lipinski definition) is 2. The Kier molecular flexibility index (Phi) is 6.63. The van der Waals surface area contributed by atoms with Crippen molar-refractivity contribution < 1.29 is 4.74 Å². The van der Waals surface area contributed by atoms with E-state index in [0.717, 1.165) is 12.5 Å². The first kappa shape index (κ1) is 17.0. The van der Waals surface area contributed by atoms with Crippen molar-refractivity contribution in [1.29, 1.82) is 0 Å². The second-order valence-electron chi connectivity index (χ2n) is 5.41. The van der Waals surface area contributed by atoms with Gasteiger partial charge in [-0.25, -0.2) is 0 Å². The Labute approximate surface area is 138 Å². The normalized spacial score (nSPS) is 11.3. The Morgan fingerprint density at radius 1 is 0.913 bits per heavy atom. The van der Waals surface area contributed by atoms with E-state index in [-0.39, 0.29) is 0 Å². The minimum atomic E-state index is 0.618. The summed E-state index contributed by atoms with van der Waals surface area (Å²) in [6.45, 7) is 4.21. The summed E-state index contributed by atoms with van der Waals surface area (Å²) in [6, 6.07) is 16.6. The van der Waals surface area contributed by atoms with E-state index in [2.05, 4.69) is 58.9 Å². The maximum Gasteiger partial charge on any atom is 0.191 e. The Morgan fingerprint density at radius 2 is 1.48 bits per heavy atom. The number of rotatable bonds is 6. The molecule has 0 aliphatic heterocycles. The fraction of sp³-hybridized carbons (Fsp3) is 0.316. The minimum Gasteiger partial charge on any atom is -0.380 e. The molecule has 0 aliphatic carbocycles. The van der Waals surface area contributed by atoms with Crippen LogP contribution in [0.15, 0.2) is 53.5 Å². The monoisotopic (exact) mass is 311 g/mol. The summed E-state index contributed by atoms with van der Waals surface area (Å²) in [5, 5.41) is 6.71. The molecule has 122 valence electrons. The van der Waals surface area contributed by atoms with Gasteiger partial charge in [0.25, 0.3) is 0 Å². The molecule has 0 amide bonds. The highest BCUT2D eigenvalue weighted by atomic mass is 16.5. The predicted octanol–water partition coefficient (Wildman–Crippen LogP) is 3.01. The second kappa shape index (κ2) is 8.96. The van der Waals surface area contributed by atoms with Crippen LogP contribution in [0.4, 0.5) is 0 Å². The van der Waals surface area contributed by atoms with Gasteiger partial charge in [0, 0.05) is 27.2 Å². The largest absolute Gasteiger partial charge is 0.380 e. The molecule has 2 aromatic rings. The molecule has 0 fully saturated rings. The lowest BCUT2D eigenvalue weighted by atomic mass is 10.1. The molecule has 2 rings (SSSR count). The van der Waals surface area contributed by atoms with Crippen molar-refractivity contribution in [3.63, 3.8) is 0 Å². The van der Waals surface area contributed by atoms with Crippen LogP contribution in [0.2, 0.25) is 0 Å². The van der Waals surface area contributed by atoms with Crippen molar-refractivity contribution >= 4 is 5.96 Å². The molecule has 4 heteroatoms. The Morgan fingerprint density at radius 3 is 2.09 bits per heavy atom. The summed E-state index contributed by atoms with van der Waals surface area (Å²) in [6.07, 6.45) is 0. The van der Waals surface area contributed by atoms with Gasteiger partial charge < -0.3 is 15.4 Å². The molecule has 0 saturated heterocycles. The molecule has 0 aromatic heterocycles. The van der Waals surface area contributed by atoms with E-state index in [9.17, 15) is 0 Å². The van der Waals surface area contributed by atoms with Gasteiger partial charge in [-0.3, -0.25) is 4.99 Å². The minimum absolute atomic E-state index is 0.618. The SMILES string of the molecule is CN=C(NCc1ccccc1C)NCc1ccccc1COC. The molecule has 23 heavy (non-hydrogen) atoms. The summed E-state index contributed by atoms with van der Waals surface area (Å²) in [5.41, 5.74) is 4.96. The van der Waals surface area contributed by atoms with Crippen molar-refractivity contribution in [2.45, 2.75) is 26.6 Å². The Balaban J connectivity index is 1.92. The lowest BCUT2D eigenvalue weighted by molar-refractivity contribution is 0.184. The first-order valence-electron chi connectivity index (χ1n) is 7.79. The maximum absolute atomic E-state index is 5.25. The highest BCUT2D eigenvalue weighted by molar-refractivity contribution is 5.79. The number of aliphatic imine (C=N–C) groups is 1. The molecule has 0 atom stereocenters. The molecular formula is C19H25N3O. The van der Waals surface area contributed by atoms with Crippen LogP contribution in [-0.2, 0) is 24.4 Å². The summed E-state index contributed by atoms with van der Waals surface area (Å²) in [7, 11) is 3.50. The maximum atomic E-state index is 5.25. The number of methoxy groups -OCH3 is 1. The third-order valence-corrected chi connectivity index (χ3v) is 3.80. The van der Waals surface area contributed by atoms with E-state index >= 15 is 0 Å². The lowest BCUT2D eigenvalue weighted by Gasteiger charge is -2.15. The number of aryl methyl sites for hydroxylation is 1. The molecule has 0 bridgehead atoms. The van der Waals surface area contributed by atoms with Gasteiger partial charge in [0.1, 0.15) is 0 Å². The standard InChI is InChI=1S/C19H25N3O/c1-15-8-4-5-9-16(15)12-21-19(20-2)22-13-17-10-6-7-11-18(17)14-23-3/h4-11H,12-14H2,1-3H3,(H2,20,21,22). The summed E-state index contributed by atoms with van der Waals surface area (Å²) in [5.74, 6) is 0.792. The van der Waals surface area contributed by atoms with Crippen LogP contribution in [0.5, 0.6) is 0 Å². The highest BCUT2D eigenvalue weighted by Crippen LogP contribution is 2.09. The van der Waals surface area contributed by atoms with Gasteiger partial charge in [0.2, 0.25) is 0 Å². The average Bonchev–Trinajstić information content (AvgIpc) is 2.58. The summed E-state index contributed by atoms with van der Waals surface area (Å²) >= 11 is 0. The average molecular weight is 311 g/mol. The van der Waals surface area contributed by atoms with E-state index in [1.807, 2.05) is 12.1 Å². The number of benzene rings is 2. The van der Waals surface area contributed by atoms with Gasteiger partial charge in [0.15, 0.2) is 5.96 Å². The van der Waals surface area contributed by atoms with Gasteiger partial charge in [-0.05, 0) is 29.2 Å². The van der Waals surface area contributed by atoms with Crippen LogP contribution >= 0.6 is 0 Å². The number of guanidine groups is 1. The third kappa shape index (κ3) is 5.11. The van der Waals surface area contributed by atoms with E-state index in [4.69, 9.17) is 4.74 Å². The molecular weight excluding hydrogens is 286 g/mol. The molecule has 0 aliphatic rings. The molecule has 0 unspecified atom stereocenters. The van der Waals surface area contributed by atoms with Crippen molar-refractivity contribution in [3.8, 4) is 0 Å². The lowest BCUT2D eigenvalue weighted by Crippen LogP contribution is -2.36. The van der Waals surface area contributed by atoms with E-state index in [1.165, 1.54) is 22.3 Å².